The van der Waals surface area contributed by atoms with Crippen LogP contribution in [0, 0.1) is 12.3 Å². The van der Waals surface area contributed by atoms with Crippen LogP contribution in [0.15, 0.2) is 36.4 Å². The van der Waals surface area contributed by atoms with Crippen molar-refractivity contribution in [3.05, 3.63) is 53.3 Å². The zero-order chi connectivity index (χ0) is 21.9. The monoisotopic (exact) mass is 426 g/mol. The summed E-state index contributed by atoms with van der Waals surface area (Å²) in [6.45, 7) is 9.43. The molecule has 1 N–H and O–H groups in total. The average Bonchev–Trinajstić information content (AvgIpc) is 3.25. The smallest absolute Gasteiger partial charge is 0.434 e. The Hall–Kier alpha value is -3.00. The summed E-state index contributed by atoms with van der Waals surface area (Å²) >= 11 is 1.34. The molecule has 0 saturated carbocycles. The van der Waals surface area contributed by atoms with E-state index in [-0.39, 0.29) is 12.5 Å². The van der Waals surface area contributed by atoms with Gasteiger partial charge in [0.15, 0.2) is 5.13 Å². The van der Waals surface area contributed by atoms with E-state index in [0.717, 1.165) is 21.8 Å². The van der Waals surface area contributed by atoms with Crippen LogP contribution < -0.4 is 5.32 Å². The Morgan fingerprint density at radius 1 is 1.20 bits per heavy atom. The number of nitrogens with one attached hydrogen (secondary N) is 1. The van der Waals surface area contributed by atoms with Crippen molar-refractivity contribution in [3.8, 4) is 10.6 Å². The van der Waals surface area contributed by atoms with E-state index in [4.69, 9.17) is 4.74 Å². The summed E-state index contributed by atoms with van der Waals surface area (Å²) in [5.74, 6) is -0.107. The van der Waals surface area contributed by atoms with E-state index in [1.807, 2.05) is 64.1 Å². The molecule has 7 nitrogen and oxygen atoms in total. The number of rotatable bonds is 5. The first-order chi connectivity index (χ1) is 14.2. The van der Waals surface area contributed by atoms with Crippen molar-refractivity contribution in [1.82, 2.24) is 14.8 Å². The summed E-state index contributed by atoms with van der Waals surface area (Å²) in [6.07, 6.45) is 0.0242. The van der Waals surface area contributed by atoms with E-state index in [9.17, 15) is 9.59 Å². The van der Waals surface area contributed by atoms with Crippen molar-refractivity contribution in [2.24, 2.45) is 5.41 Å². The van der Waals surface area contributed by atoms with Gasteiger partial charge in [-0.2, -0.15) is 9.78 Å². The Bertz CT molecular complexity index is 1050. The molecule has 1 aromatic carbocycles. The molecule has 0 fully saturated rings. The number of hydrogen-bond donors (Lipinski definition) is 1. The van der Waals surface area contributed by atoms with Crippen LogP contribution in [0.25, 0.3) is 10.6 Å². The van der Waals surface area contributed by atoms with Crippen LogP contribution in [0.3, 0.4) is 0 Å². The molecule has 0 unspecified atom stereocenters. The largest absolute Gasteiger partial charge is 0.448 e. The minimum atomic E-state index is -0.520. The van der Waals surface area contributed by atoms with Crippen LogP contribution in [0.1, 0.15) is 44.6 Å². The second kappa shape index (κ2) is 8.79. The van der Waals surface area contributed by atoms with Crippen molar-refractivity contribution in [3.63, 3.8) is 0 Å². The van der Waals surface area contributed by atoms with Gasteiger partial charge < -0.3 is 10.1 Å². The average molecular weight is 427 g/mol. The minimum Gasteiger partial charge on any atom is -0.448 e. The van der Waals surface area contributed by atoms with E-state index in [1.54, 1.807) is 6.92 Å². The highest BCUT2D eigenvalue weighted by molar-refractivity contribution is 7.19. The molecule has 2 aromatic heterocycles. The first kappa shape index (κ1) is 21.7. The first-order valence-electron chi connectivity index (χ1n) is 9.78. The third-order valence-electron chi connectivity index (χ3n) is 4.38. The maximum Gasteiger partial charge on any atom is 0.434 e. The molecule has 158 valence electrons. The molecular formula is C22H26N4O3S. The number of thiazole rings is 1. The molecule has 30 heavy (non-hydrogen) atoms. The Balaban J connectivity index is 1.95. The van der Waals surface area contributed by atoms with Gasteiger partial charge in [0.2, 0.25) is 5.91 Å². The van der Waals surface area contributed by atoms with Crippen molar-refractivity contribution in [2.45, 2.75) is 41.0 Å². The standard InChI is InChI=1S/C22H26N4O3S/c1-6-29-21(28)26-16(12-15-10-8-7-9-11-15)13-17(25-26)18-14(2)23-20(30-18)24-19(27)22(3,4)5/h7-11,13H,6,12H2,1-5H3,(H,23,24,27). The first-order valence-corrected chi connectivity index (χ1v) is 10.6. The van der Waals surface area contributed by atoms with Gasteiger partial charge >= 0.3 is 6.09 Å². The van der Waals surface area contributed by atoms with Crippen LogP contribution in [0.4, 0.5) is 9.93 Å². The molecule has 0 atom stereocenters. The molecule has 0 bridgehead atoms. The topological polar surface area (TPSA) is 86.1 Å². The molecule has 1 amide bonds. The predicted molar refractivity (Wildman–Crippen MR) is 118 cm³/mol. The van der Waals surface area contributed by atoms with Gasteiger partial charge in [-0.3, -0.25) is 4.79 Å². The van der Waals surface area contributed by atoms with Gasteiger partial charge in [0, 0.05) is 11.8 Å². The fourth-order valence-corrected chi connectivity index (χ4v) is 3.69. The summed E-state index contributed by atoms with van der Waals surface area (Å²) in [5.41, 5.74) is 2.63. The zero-order valence-electron chi connectivity index (χ0n) is 17.9. The number of anilines is 1. The molecule has 0 spiro atoms. The lowest BCUT2D eigenvalue weighted by atomic mass is 9.96. The van der Waals surface area contributed by atoms with Gasteiger partial charge in [0.1, 0.15) is 5.69 Å². The Morgan fingerprint density at radius 3 is 2.53 bits per heavy atom. The molecule has 0 saturated heterocycles. The van der Waals surface area contributed by atoms with Gasteiger partial charge in [0.05, 0.1) is 22.9 Å². The number of carbonyl (C=O) groups is 2. The quantitative estimate of drug-likeness (QED) is 0.627. The van der Waals surface area contributed by atoms with E-state index in [1.165, 1.54) is 16.0 Å². The molecule has 0 aliphatic carbocycles. The van der Waals surface area contributed by atoms with Crippen LogP contribution in [-0.4, -0.2) is 33.4 Å². The number of nitrogens with zero attached hydrogens (tertiary/aromatic N) is 3. The summed E-state index contributed by atoms with van der Waals surface area (Å²) in [7, 11) is 0. The van der Waals surface area contributed by atoms with Crippen LogP contribution in [0.5, 0.6) is 0 Å². The summed E-state index contributed by atoms with van der Waals surface area (Å²) in [5, 5.41) is 7.87. The predicted octanol–water partition coefficient (Wildman–Crippen LogP) is 4.90. The number of hydrogen-bond acceptors (Lipinski definition) is 6. The highest BCUT2D eigenvalue weighted by Gasteiger charge is 2.24. The van der Waals surface area contributed by atoms with Gasteiger partial charge in [-0.05, 0) is 25.5 Å². The van der Waals surface area contributed by atoms with E-state index < -0.39 is 11.5 Å². The summed E-state index contributed by atoms with van der Waals surface area (Å²) in [4.78, 5) is 30.0. The van der Waals surface area contributed by atoms with E-state index in [0.29, 0.717) is 17.2 Å². The summed E-state index contributed by atoms with van der Waals surface area (Å²) < 4.78 is 6.48. The number of ether oxygens (including phenoxy) is 1. The molecule has 8 heteroatoms. The molecule has 0 aliphatic heterocycles. The van der Waals surface area contributed by atoms with Crippen LogP contribution >= 0.6 is 11.3 Å². The third-order valence-corrected chi connectivity index (χ3v) is 5.48. The molecule has 3 rings (SSSR count). The number of amides is 1. The number of aryl methyl sites for hydroxylation is 1. The van der Waals surface area contributed by atoms with Gasteiger partial charge in [-0.15, -0.1) is 0 Å². The molecule has 2 heterocycles. The van der Waals surface area contributed by atoms with Crippen LogP contribution in [-0.2, 0) is 16.0 Å². The van der Waals surface area contributed by atoms with Crippen molar-refractivity contribution in [2.75, 3.05) is 11.9 Å². The van der Waals surface area contributed by atoms with Crippen molar-refractivity contribution in [1.29, 1.82) is 0 Å². The highest BCUT2D eigenvalue weighted by atomic mass is 32.1. The second-order valence-corrected chi connectivity index (χ2v) is 8.93. The van der Waals surface area contributed by atoms with Crippen molar-refractivity contribution >= 4 is 28.5 Å². The van der Waals surface area contributed by atoms with Crippen LogP contribution in [0.2, 0.25) is 0 Å². The minimum absolute atomic E-state index is 0.107. The van der Waals surface area contributed by atoms with Gasteiger partial charge in [-0.25, -0.2) is 9.78 Å². The maximum absolute atomic E-state index is 12.5. The van der Waals surface area contributed by atoms with E-state index in [2.05, 4.69) is 15.4 Å². The second-order valence-electron chi connectivity index (χ2n) is 7.93. The lowest BCUT2D eigenvalue weighted by Gasteiger charge is -2.15. The van der Waals surface area contributed by atoms with Crippen molar-refractivity contribution < 1.29 is 14.3 Å². The lowest BCUT2D eigenvalue weighted by Crippen LogP contribution is -2.27. The molecule has 0 aliphatic rings. The third kappa shape index (κ3) is 4.94. The Morgan fingerprint density at radius 2 is 1.90 bits per heavy atom. The van der Waals surface area contributed by atoms with E-state index >= 15 is 0 Å². The lowest BCUT2D eigenvalue weighted by molar-refractivity contribution is -0.123. The zero-order valence-corrected chi connectivity index (χ0v) is 18.7. The fourth-order valence-electron chi connectivity index (χ4n) is 2.78. The normalized spacial score (nSPS) is 11.4. The maximum atomic E-state index is 12.5. The molecule has 3 aromatic rings. The number of aromatic nitrogens is 3. The van der Waals surface area contributed by atoms with Gasteiger partial charge in [0.25, 0.3) is 0 Å². The number of benzene rings is 1. The highest BCUT2D eigenvalue weighted by Crippen LogP contribution is 2.33. The Kier molecular flexibility index (Phi) is 6.36. The fraction of sp³-hybridized carbons (Fsp3) is 0.364. The Labute approximate surface area is 180 Å². The van der Waals surface area contributed by atoms with Gasteiger partial charge in [-0.1, -0.05) is 62.4 Å². The SMILES string of the molecule is CCOC(=O)n1nc(-c2sc(NC(=O)C(C)(C)C)nc2C)cc1Cc1ccccc1. The molecule has 0 radical (unpaired) electrons. The molecular weight excluding hydrogens is 400 g/mol. The summed E-state index contributed by atoms with van der Waals surface area (Å²) in [6, 6.07) is 11.7. The number of carbonyl (C=O) groups excluding carboxylic acids is 2.